The Bertz CT molecular complexity index is 911. The summed E-state index contributed by atoms with van der Waals surface area (Å²) in [7, 11) is 0. The van der Waals surface area contributed by atoms with Crippen molar-refractivity contribution in [1.82, 2.24) is 20.4 Å². The fourth-order valence-corrected chi connectivity index (χ4v) is 3.86. The number of aryl methyl sites for hydroxylation is 2. The molecule has 124 valence electrons. The summed E-state index contributed by atoms with van der Waals surface area (Å²) in [5.41, 5.74) is 2.16. The van der Waals surface area contributed by atoms with Gasteiger partial charge in [-0.1, -0.05) is 48.5 Å². The molecule has 4 aromatic rings. The normalized spacial score (nSPS) is 11.2. The first-order valence-electron chi connectivity index (χ1n) is 8.38. The molecule has 0 saturated heterocycles. The highest BCUT2D eigenvalue weighted by atomic mass is 32.2. The second-order valence-corrected chi connectivity index (χ2v) is 7.09. The molecule has 0 aliphatic heterocycles. The van der Waals surface area contributed by atoms with Crippen LogP contribution in [0.1, 0.15) is 11.4 Å². The lowest BCUT2D eigenvalue weighted by Gasteiger charge is -2.06. The van der Waals surface area contributed by atoms with E-state index in [4.69, 9.17) is 0 Å². The van der Waals surface area contributed by atoms with Crippen molar-refractivity contribution in [3.05, 3.63) is 72.3 Å². The Kier molecular flexibility index (Phi) is 4.84. The van der Waals surface area contributed by atoms with Crippen molar-refractivity contribution in [1.29, 1.82) is 0 Å². The van der Waals surface area contributed by atoms with Gasteiger partial charge in [-0.05, 0) is 11.5 Å². The van der Waals surface area contributed by atoms with Gasteiger partial charge in [-0.2, -0.15) is 32.2 Å². The van der Waals surface area contributed by atoms with Crippen LogP contribution in [0.3, 0.4) is 0 Å². The van der Waals surface area contributed by atoms with Crippen LogP contribution in [0.2, 0.25) is 0 Å². The molecule has 0 amide bonds. The summed E-state index contributed by atoms with van der Waals surface area (Å²) in [6.45, 7) is 0. The van der Waals surface area contributed by atoms with E-state index in [9.17, 15) is 0 Å². The van der Waals surface area contributed by atoms with Gasteiger partial charge in [0.2, 0.25) is 0 Å². The third kappa shape index (κ3) is 3.61. The largest absolute Gasteiger partial charge is 0.161 e. The number of fused-ring (bicyclic) bond motifs is 2. The molecule has 2 heterocycles. The molecule has 0 unspecified atom stereocenters. The zero-order valence-corrected chi connectivity index (χ0v) is 14.6. The lowest BCUT2D eigenvalue weighted by molar-refractivity contribution is 0.936. The van der Waals surface area contributed by atoms with E-state index in [-0.39, 0.29) is 0 Å². The van der Waals surface area contributed by atoms with E-state index in [1.807, 2.05) is 36.3 Å². The van der Waals surface area contributed by atoms with Gasteiger partial charge in [0.15, 0.2) is 0 Å². The van der Waals surface area contributed by atoms with Gasteiger partial charge in [0.25, 0.3) is 0 Å². The minimum absolute atomic E-state index is 0.931. The summed E-state index contributed by atoms with van der Waals surface area (Å²) < 4.78 is 0. The van der Waals surface area contributed by atoms with E-state index in [1.165, 1.54) is 10.8 Å². The van der Waals surface area contributed by atoms with Crippen molar-refractivity contribution in [2.45, 2.75) is 12.8 Å². The Morgan fingerprint density at radius 3 is 1.64 bits per heavy atom. The molecule has 2 aromatic carbocycles. The number of aromatic nitrogens is 4. The summed E-state index contributed by atoms with van der Waals surface area (Å²) in [5.74, 6) is 2.06. The van der Waals surface area contributed by atoms with E-state index in [1.54, 1.807) is 0 Å². The first kappa shape index (κ1) is 16.0. The molecule has 0 fully saturated rings. The minimum atomic E-state index is 0.931. The molecule has 4 rings (SSSR count). The lowest BCUT2D eigenvalue weighted by atomic mass is 10.1. The van der Waals surface area contributed by atoms with Crippen molar-refractivity contribution >= 4 is 33.3 Å². The second kappa shape index (κ2) is 7.57. The molecule has 0 atom stereocenters. The number of nitrogens with zero attached hydrogens (tertiary/aromatic N) is 4. The third-order valence-corrected chi connectivity index (χ3v) is 5.25. The monoisotopic (exact) mass is 346 g/mol. The zero-order chi connectivity index (χ0) is 16.9. The fraction of sp³-hybridized carbons (Fsp3) is 0.200. The van der Waals surface area contributed by atoms with Crippen LogP contribution in [-0.2, 0) is 12.8 Å². The average Bonchev–Trinajstić information content (AvgIpc) is 2.68. The highest BCUT2D eigenvalue weighted by Gasteiger charge is 2.05. The summed E-state index contributed by atoms with van der Waals surface area (Å²) in [6, 6.07) is 16.6. The van der Waals surface area contributed by atoms with Crippen LogP contribution in [0.5, 0.6) is 0 Å². The maximum atomic E-state index is 4.32. The maximum Gasteiger partial charge on any atom is 0.0717 e. The second-order valence-electron chi connectivity index (χ2n) is 5.87. The van der Waals surface area contributed by atoms with E-state index in [0.29, 0.717) is 0 Å². The molecule has 0 radical (unpaired) electrons. The van der Waals surface area contributed by atoms with Gasteiger partial charge in [0.1, 0.15) is 0 Å². The number of thioether (sulfide) groups is 1. The van der Waals surface area contributed by atoms with Gasteiger partial charge in [-0.25, -0.2) is 0 Å². The van der Waals surface area contributed by atoms with Gasteiger partial charge in [0.05, 0.1) is 23.8 Å². The molecule has 0 bridgehead atoms. The highest BCUT2D eigenvalue weighted by Crippen LogP contribution is 2.19. The van der Waals surface area contributed by atoms with Crippen molar-refractivity contribution in [2.75, 3.05) is 11.5 Å². The number of hydrogen-bond acceptors (Lipinski definition) is 5. The Morgan fingerprint density at radius 2 is 1.12 bits per heavy atom. The zero-order valence-electron chi connectivity index (χ0n) is 13.8. The van der Waals surface area contributed by atoms with Crippen molar-refractivity contribution in [3.8, 4) is 0 Å². The van der Waals surface area contributed by atoms with Crippen LogP contribution in [0.15, 0.2) is 60.9 Å². The minimum Gasteiger partial charge on any atom is -0.161 e. The maximum absolute atomic E-state index is 4.32. The molecular formula is C20H18N4S. The third-order valence-electron chi connectivity index (χ3n) is 4.26. The average molecular weight is 346 g/mol. The van der Waals surface area contributed by atoms with E-state index < -0.39 is 0 Å². The molecule has 0 spiro atoms. The van der Waals surface area contributed by atoms with Crippen molar-refractivity contribution < 1.29 is 0 Å². The van der Waals surface area contributed by atoms with Crippen LogP contribution in [0.25, 0.3) is 21.5 Å². The topological polar surface area (TPSA) is 51.6 Å². The highest BCUT2D eigenvalue weighted by molar-refractivity contribution is 7.99. The molecule has 0 aliphatic carbocycles. The van der Waals surface area contributed by atoms with Crippen LogP contribution in [0, 0.1) is 0 Å². The standard InChI is InChI=1S/C20H18N4S/c1-3-7-17-15(5-1)13-21-23-19(17)9-11-25-12-10-20-18-8-4-2-6-16(18)14-22-24-20/h1-8,13-14H,9-12H2. The predicted octanol–water partition coefficient (Wildman–Crippen LogP) is 4.09. The molecule has 5 heteroatoms. The summed E-state index contributed by atoms with van der Waals surface area (Å²) in [4.78, 5) is 0. The molecule has 2 aromatic heterocycles. The lowest BCUT2D eigenvalue weighted by Crippen LogP contribution is -2.00. The van der Waals surface area contributed by atoms with Crippen LogP contribution in [0.4, 0.5) is 0 Å². The fourth-order valence-electron chi connectivity index (χ4n) is 2.98. The SMILES string of the molecule is c1ccc2c(CCSCCc3nncc4ccccc34)nncc2c1. The Balaban J connectivity index is 1.35. The smallest absolute Gasteiger partial charge is 0.0717 e. The van der Waals surface area contributed by atoms with Crippen molar-refractivity contribution in [3.63, 3.8) is 0 Å². The van der Waals surface area contributed by atoms with Crippen molar-refractivity contribution in [2.24, 2.45) is 0 Å². The molecular weight excluding hydrogens is 328 g/mol. The van der Waals surface area contributed by atoms with Gasteiger partial charge >= 0.3 is 0 Å². The molecule has 0 aliphatic rings. The molecule has 25 heavy (non-hydrogen) atoms. The summed E-state index contributed by atoms with van der Waals surface area (Å²) >= 11 is 1.92. The quantitative estimate of drug-likeness (QED) is 0.492. The number of hydrogen-bond donors (Lipinski definition) is 0. The predicted molar refractivity (Wildman–Crippen MR) is 104 cm³/mol. The van der Waals surface area contributed by atoms with Crippen LogP contribution >= 0.6 is 11.8 Å². The van der Waals surface area contributed by atoms with Gasteiger partial charge in [0, 0.05) is 34.4 Å². The molecule has 0 N–H and O–H groups in total. The first-order valence-corrected chi connectivity index (χ1v) is 9.53. The van der Waals surface area contributed by atoms with Crippen LogP contribution in [-0.4, -0.2) is 31.9 Å². The van der Waals surface area contributed by atoms with Gasteiger partial charge in [-0.3, -0.25) is 0 Å². The van der Waals surface area contributed by atoms with Gasteiger partial charge < -0.3 is 0 Å². The Hall–Kier alpha value is -2.53. The van der Waals surface area contributed by atoms with Crippen LogP contribution < -0.4 is 0 Å². The number of benzene rings is 2. The summed E-state index contributed by atoms with van der Waals surface area (Å²) in [6.07, 6.45) is 5.51. The molecule has 0 saturated carbocycles. The Morgan fingerprint density at radius 1 is 0.640 bits per heavy atom. The Labute approximate surface area is 150 Å². The van der Waals surface area contributed by atoms with E-state index >= 15 is 0 Å². The van der Waals surface area contributed by atoms with E-state index in [0.717, 1.165) is 46.5 Å². The summed E-state index contributed by atoms with van der Waals surface area (Å²) in [5, 5.41) is 21.6. The molecule has 4 nitrogen and oxygen atoms in total. The van der Waals surface area contributed by atoms with E-state index in [2.05, 4.69) is 56.8 Å². The number of rotatable bonds is 6. The van der Waals surface area contributed by atoms with Gasteiger partial charge in [-0.15, -0.1) is 0 Å². The first-order chi connectivity index (χ1) is 12.4.